The summed E-state index contributed by atoms with van der Waals surface area (Å²) in [5, 5.41) is 8.53. The van der Waals surface area contributed by atoms with Gasteiger partial charge in [0.15, 0.2) is 17.0 Å². The van der Waals surface area contributed by atoms with Crippen LogP contribution in [0.2, 0.25) is 0 Å². The number of hydrogen-bond donors (Lipinski definition) is 1. The van der Waals surface area contributed by atoms with Crippen molar-refractivity contribution in [1.29, 1.82) is 0 Å². The highest BCUT2D eigenvalue weighted by atomic mass is 16.5. The minimum atomic E-state index is -0.454. The lowest BCUT2D eigenvalue weighted by molar-refractivity contribution is 0.262. The van der Waals surface area contributed by atoms with E-state index in [0.717, 1.165) is 74.0 Å². The number of benzene rings is 1. The van der Waals surface area contributed by atoms with Crippen LogP contribution in [0, 0.1) is 0 Å². The molecule has 0 bridgehead atoms. The lowest BCUT2D eigenvalue weighted by Crippen LogP contribution is -2.40. The van der Waals surface area contributed by atoms with E-state index in [2.05, 4.69) is 20.1 Å². The number of aromatic nitrogens is 5. The van der Waals surface area contributed by atoms with Crippen molar-refractivity contribution in [1.82, 2.24) is 29.2 Å². The molecular weight excluding hydrogens is 434 g/mol. The van der Waals surface area contributed by atoms with Crippen LogP contribution in [0.1, 0.15) is 44.6 Å². The molecule has 1 aromatic carbocycles. The van der Waals surface area contributed by atoms with Crippen LogP contribution in [-0.2, 0) is 7.05 Å². The number of nitrogens with zero attached hydrogens (tertiary/aromatic N) is 6. The van der Waals surface area contributed by atoms with Crippen LogP contribution in [0.4, 0.5) is 0 Å². The Labute approximate surface area is 197 Å². The van der Waals surface area contributed by atoms with Crippen molar-refractivity contribution in [2.75, 3.05) is 26.2 Å². The maximum Gasteiger partial charge on any atom is 0.332 e. The first-order chi connectivity index (χ1) is 16.5. The van der Waals surface area contributed by atoms with Crippen LogP contribution in [0.25, 0.3) is 22.6 Å². The van der Waals surface area contributed by atoms with Crippen LogP contribution in [0.15, 0.2) is 33.9 Å². The Morgan fingerprint density at radius 2 is 1.85 bits per heavy atom. The molecule has 1 aliphatic heterocycles. The maximum atomic E-state index is 12.8. The van der Waals surface area contributed by atoms with Gasteiger partial charge in [0.2, 0.25) is 0 Å². The standard InChI is InChI=1S/C24H31N7O3/c1-29-23(32)20-22(31(24(29)33)18-5-2-3-6-18)28-27-21(26-20)16-7-9-19(10-8-16)34-14-4-12-30-13-11-17(25)15-30/h7-10,17-18H,2-6,11-15,25H2,1H3. The highest BCUT2D eigenvalue weighted by Gasteiger charge is 2.24. The van der Waals surface area contributed by atoms with E-state index in [1.54, 1.807) is 4.57 Å². The van der Waals surface area contributed by atoms with Crippen molar-refractivity contribution in [3.8, 4) is 17.1 Å². The molecule has 0 amide bonds. The van der Waals surface area contributed by atoms with Gasteiger partial charge in [-0.25, -0.2) is 9.78 Å². The molecule has 34 heavy (non-hydrogen) atoms. The van der Waals surface area contributed by atoms with Gasteiger partial charge in [-0.3, -0.25) is 13.9 Å². The van der Waals surface area contributed by atoms with Crippen molar-refractivity contribution in [2.45, 2.75) is 50.6 Å². The Morgan fingerprint density at radius 3 is 2.56 bits per heavy atom. The van der Waals surface area contributed by atoms with Gasteiger partial charge in [-0.1, -0.05) is 12.8 Å². The molecule has 1 atom stereocenters. The molecule has 1 saturated carbocycles. The predicted molar refractivity (Wildman–Crippen MR) is 129 cm³/mol. The number of rotatable bonds is 7. The predicted octanol–water partition coefficient (Wildman–Crippen LogP) is 1.47. The molecule has 3 aromatic rings. The van der Waals surface area contributed by atoms with E-state index in [-0.39, 0.29) is 22.9 Å². The Hall–Kier alpha value is -3.11. The molecular formula is C24H31N7O3. The van der Waals surface area contributed by atoms with Gasteiger partial charge in [0.1, 0.15) is 5.75 Å². The van der Waals surface area contributed by atoms with Crippen LogP contribution >= 0.6 is 0 Å². The number of likely N-dealkylation sites (tertiary alicyclic amines) is 1. The fourth-order valence-electron chi connectivity index (χ4n) is 4.98. The van der Waals surface area contributed by atoms with Gasteiger partial charge in [0.25, 0.3) is 5.56 Å². The minimum absolute atomic E-state index is 0.0300. The Bertz CT molecular complexity index is 1280. The topological polar surface area (TPSA) is 121 Å². The van der Waals surface area contributed by atoms with Crippen LogP contribution in [0.5, 0.6) is 5.75 Å². The lowest BCUT2D eigenvalue weighted by atomic mass is 10.2. The van der Waals surface area contributed by atoms with Crippen molar-refractivity contribution in [3.05, 3.63) is 45.1 Å². The summed E-state index contributed by atoms with van der Waals surface area (Å²) in [4.78, 5) is 32.5. The van der Waals surface area contributed by atoms with E-state index < -0.39 is 5.56 Å². The molecule has 0 spiro atoms. The smallest absolute Gasteiger partial charge is 0.332 e. The Balaban J connectivity index is 1.32. The average molecular weight is 466 g/mol. The second kappa shape index (κ2) is 9.63. The molecule has 1 unspecified atom stereocenters. The molecule has 5 rings (SSSR count). The summed E-state index contributed by atoms with van der Waals surface area (Å²) in [6.07, 6.45) is 5.91. The number of hydrogen-bond acceptors (Lipinski definition) is 8. The minimum Gasteiger partial charge on any atom is -0.494 e. The molecule has 10 heteroatoms. The molecule has 1 aliphatic carbocycles. The lowest BCUT2D eigenvalue weighted by Gasteiger charge is -2.16. The highest BCUT2D eigenvalue weighted by molar-refractivity contribution is 5.71. The monoisotopic (exact) mass is 465 g/mol. The van der Waals surface area contributed by atoms with Gasteiger partial charge >= 0.3 is 5.69 Å². The first-order valence-electron chi connectivity index (χ1n) is 12.1. The summed E-state index contributed by atoms with van der Waals surface area (Å²) in [5.74, 6) is 1.11. The Kier molecular flexibility index (Phi) is 6.42. The third-order valence-electron chi connectivity index (χ3n) is 6.90. The van der Waals surface area contributed by atoms with E-state index in [1.165, 1.54) is 7.05 Å². The first-order valence-corrected chi connectivity index (χ1v) is 12.1. The molecule has 2 aliphatic rings. The van der Waals surface area contributed by atoms with Crippen molar-refractivity contribution < 1.29 is 4.74 Å². The molecule has 2 aromatic heterocycles. The summed E-state index contributed by atoms with van der Waals surface area (Å²) in [5.41, 5.74) is 6.30. The van der Waals surface area contributed by atoms with Gasteiger partial charge in [-0.15, -0.1) is 10.2 Å². The molecule has 180 valence electrons. The van der Waals surface area contributed by atoms with E-state index in [9.17, 15) is 9.59 Å². The molecule has 3 heterocycles. The number of ether oxygens (including phenoxy) is 1. The summed E-state index contributed by atoms with van der Waals surface area (Å²) < 4.78 is 8.58. The van der Waals surface area contributed by atoms with Gasteiger partial charge in [0.05, 0.1) is 6.61 Å². The van der Waals surface area contributed by atoms with Gasteiger partial charge in [-0.05, 0) is 56.5 Å². The normalized spacial score (nSPS) is 19.3. The average Bonchev–Trinajstić information content (AvgIpc) is 3.53. The van der Waals surface area contributed by atoms with Crippen molar-refractivity contribution in [3.63, 3.8) is 0 Å². The number of nitrogens with two attached hydrogens (primary N) is 1. The fraction of sp³-hybridized carbons (Fsp3) is 0.542. The van der Waals surface area contributed by atoms with E-state index in [0.29, 0.717) is 18.5 Å². The summed E-state index contributed by atoms with van der Waals surface area (Å²) in [6, 6.07) is 7.78. The molecule has 2 N–H and O–H groups in total. The van der Waals surface area contributed by atoms with Crippen LogP contribution < -0.4 is 21.7 Å². The van der Waals surface area contributed by atoms with Crippen LogP contribution in [0.3, 0.4) is 0 Å². The zero-order valence-electron chi connectivity index (χ0n) is 19.5. The van der Waals surface area contributed by atoms with E-state index in [1.807, 2.05) is 24.3 Å². The SMILES string of the molecule is Cn1c(=O)c2nc(-c3ccc(OCCCN4CCC(N)C4)cc3)nnc2n(C2CCCC2)c1=O. The zero-order chi connectivity index (χ0) is 23.7. The quantitative estimate of drug-likeness (QED) is 0.521. The largest absolute Gasteiger partial charge is 0.494 e. The maximum absolute atomic E-state index is 12.8. The summed E-state index contributed by atoms with van der Waals surface area (Å²) in [7, 11) is 1.49. The van der Waals surface area contributed by atoms with Gasteiger partial charge < -0.3 is 15.4 Å². The first kappa shape index (κ1) is 22.7. The van der Waals surface area contributed by atoms with Crippen molar-refractivity contribution in [2.24, 2.45) is 12.8 Å². The highest BCUT2D eigenvalue weighted by Crippen LogP contribution is 2.29. The van der Waals surface area contributed by atoms with Gasteiger partial charge in [0, 0.05) is 37.8 Å². The molecule has 0 radical (unpaired) electrons. The number of fused-ring (bicyclic) bond motifs is 1. The fourth-order valence-corrected chi connectivity index (χ4v) is 4.98. The second-order valence-corrected chi connectivity index (χ2v) is 9.34. The Morgan fingerprint density at radius 1 is 1.09 bits per heavy atom. The van der Waals surface area contributed by atoms with Crippen LogP contribution in [-0.4, -0.2) is 61.5 Å². The van der Waals surface area contributed by atoms with E-state index >= 15 is 0 Å². The molecule has 2 fully saturated rings. The second-order valence-electron chi connectivity index (χ2n) is 9.34. The molecule has 10 nitrogen and oxygen atoms in total. The summed E-state index contributed by atoms with van der Waals surface area (Å²) in [6.45, 7) is 3.65. The van der Waals surface area contributed by atoms with Crippen molar-refractivity contribution >= 4 is 11.2 Å². The molecule has 1 saturated heterocycles. The van der Waals surface area contributed by atoms with Gasteiger partial charge in [-0.2, -0.15) is 0 Å². The van der Waals surface area contributed by atoms with E-state index in [4.69, 9.17) is 10.5 Å². The third-order valence-corrected chi connectivity index (χ3v) is 6.90. The zero-order valence-corrected chi connectivity index (χ0v) is 19.5. The summed E-state index contributed by atoms with van der Waals surface area (Å²) >= 11 is 0. The third kappa shape index (κ3) is 4.47.